The van der Waals surface area contributed by atoms with Gasteiger partial charge in [0.1, 0.15) is 12.3 Å². The third-order valence-electron chi connectivity index (χ3n) is 5.45. The predicted octanol–water partition coefficient (Wildman–Crippen LogP) is 5.02. The van der Waals surface area contributed by atoms with Gasteiger partial charge in [-0.3, -0.25) is 9.10 Å². The van der Waals surface area contributed by atoms with Gasteiger partial charge in [-0.2, -0.15) is 0 Å². The van der Waals surface area contributed by atoms with Crippen LogP contribution in [-0.4, -0.2) is 27.5 Å². The Labute approximate surface area is 188 Å². The fourth-order valence-corrected chi connectivity index (χ4v) is 5.50. The highest BCUT2D eigenvalue weighted by Gasteiger charge is 2.36. The van der Waals surface area contributed by atoms with Crippen molar-refractivity contribution in [3.05, 3.63) is 72.3 Å². The molecule has 0 radical (unpaired) electrons. The standard InChI is InChI=1S/C25H26N2O4S/c1-4-31-23-11-7-6-10-21(23)26-25(28)16-27-22-14-13-18(17(2)3)15-20(22)19-9-5-8-12-24(19)32(27,29)30/h5-15,17H,4,16H2,1-3H3,(H,26,28). The van der Waals surface area contributed by atoms with Gasteiger partial charge in [0.05, 0.1) is 22.9 Å². The second-order valence-corrected chi connectivity index (χ2v) is 9.75. The molecule has 0 bridgehead atoms. The van der Waals surface area contributed by atoms with Crippen LogP contribution in [-0.2, 0) is 14.8 Å². The summed E-state index contributed by atoms with van der Waals surface area (Å²) in [4.78, 5) is 13.2. The molecule has 1 amide bonds. The average Bonchev–Trinajstić information content (AvgIpc) is 2.78. The summed E-state index contributed by atoms with van der Waals surface area (Å²) in [6.07, 6.45) is 0. The van der Waals surface area contributed by atoms with E-state index in [9.17, 15) is 13.2 Å². The zero-order valence-corrected chi connectivity index (χ0v) is 19.1. The molecule has 4 rings (SSSR count). The molecule has 3 aromatic carbocycles. The van der Waals surface area contributed by atoms with Crippen molar-refractivity contribution in [3.63, 3.8) is 0 Å². The maximum absolute atomic E-state index is 13.5. The molecule has 0 unspecified atom stereocenters. The predicted molar refractivity (Wildman–Crippen MR) is 127 cm³/mol. The number of hydrogen-bond acceptors (Lipinski definition) is 4. The van der Waals surface area contributed by atoms with Crippen LogP contribution in [0.25, 0.3) is 11.1 Å². The Morgan fingerprint density at radius 2 is 1.72 bits per heavy atom. The minimum absolute atomic E-state index is 0.205. The van der Waals surface area contributed by atoms with Crippen LogP contribution in [0.3, 0.4) is 0 Å². The maximum atomic E-state index is 13.5. The number of anilines is 2. The van der Waals surface area contributed by atoms with Gasteiger partial charge >= 0.3 is 0 Å². The van der Waals surface area contributed by atoms with Crippen LogP contribution in [0, 0.1) is 0 Å². The van der Waals surface area contributed by atoms with Crippen molar-refractivity contribution < 1.29 is 17.9 Å². The zero-order chi connectivity index (χ0) is 22.9. The summed E-state index contributed by atoms with van der Waals surface area (Å²) in [5, 5.41) is 2.79. The van der Waals surface area contributed by atoms with Crippen LogP contribution in [0.15, 0.2) is 71.6 Å². The first-order valence-electron chi connectivity index (χ1n) is 10.6. The molecule has 0 saturated carbocycles. The quantitative estimate of drug-likeness (QED) is 0.572. The second kappa shape index (κ2) is 8.67. The second-order valence-electron chi connectivity index (χ2n) is 7.92. The molecule has 0 spiro atoms. The van der Waals surface area contributed by atoms with Gasteiger partial charge in [-0.25, -0.2) is 8.42 Å². The highest BCUT2D eigenvalue weighted by Crippen LogP contribution is 2.44. The molecule has 0 fully saturated rings. The summed E-state index contributed by atoms with van der Waals surface area (Å²) in [6.45, 7) is 6.15. The number of ether oxygens (including phenoxy) is 1. The first-order chi connectivity index (χ1) is 15.3. The molecule has 1 heterocycles. The number of nitrogens with one attached hydrogen (secondary N) is 1. The van der Waals surface area contributed by atoms with Crippen molar-refractivity contribution in [2.45, 2.75) is 31.6 Å². The van der Waals surface area contributed by atoms with E-state index in [0.717, 1.165) is 11.1 Å². The number of rotatable bonds is 6. The summed E-state index contributed by atoms with van der Waals surface area (Å²) >= 11 is 0. The fourth-order valence-electron chi connectivity index (χ4n) is 3.85. The van der Waals surface area contributed by atoms with Crippen molar-refractivity contribution in [2.24, 2.45) is 0 Å². The Hall–Kier alpha value is -3.32. The number of hydrogen-bond donors (Lipinski definition) is 1. The highest BCUT2D eigenvalue weighted by molar-refractivity contribution is 7.93. The third kappa shape index (κ3) is 3.96. The van der Waals surface area contributed by atoms with E-state index in [0.29, 0.717) is 29.3 Å². The summed E-state index contributed by atoms with van der Waals surface area (Å²) < 4.78 is 33.7. The lowest BCUT2D eigenvalue weighted by atomic mass is 9.95. The van der Waals surface area contributed by atoms with Crippen LogP contribution >= 0.6 is 0 Å². The van der Waals surface area contributed by atoms with E-state index in [1.165, 1.54) is 4.31 Å². The van der Waals surface area contributed by atoms with Gasteiger partial charge in [0.25, 0.3) is 10.0 Å². The lowest BCUT2D eigenvalue weighted by Crippen LogP contribution is -2.40. The number of benzene rings is 3. The normalized spacial score (nSPS) is 13.9. The summed E-state index contributed by atoms with van der Waals surface area (Å²) in [5.41, 5.74) is 3.58. The molecule has 1 N–H and O–H groups in total. The molecule has 0 atom stereocenters. The Morgan fingerprint density at radius 3 is 2.47 bits per heavy atom. The maximum Gasteiger partial charge on any atom is 0.265 e. The first-order valence-corrected chi connectivity index (χ1v) is 12.0. The molecule has 0 aromatic heterocycles. The van der Waals surface area contributed by atoms with Crippen molar-refractivity contribution in [3.8, 4) is 16.9 Å². The zero-order valence-electron chi connectivity index (χ0n) is 18.3. The topological polar surface area (TPSA) is 75.7 Å². The fraction of sp³-hybridized carbons (Fsp3) is 0.240. The Morgan fingerprint density at radius 1 is 1.00 bits per heavy atom. The minimum Gasteiger partial charge on any atom is -0.492 e. The smallest absolute Gasteiger partial charge is 0.265 e. The Kier molecular flexibility index (Phi) is 5.93. The van der Waals surface area contributed by atoms with Crippen molar-refractivity contribution >= 4 is 27.3 Å². The molecule has 6 nitrogen and oxygen atoms in total. The summed E-state index contributed by atoms with van der Waals surface area (Å²) in [5.74, 6) is 0.383. The number of para-hydroxylation sites is 2. The van der Waals surface area contributed by atoms with Crippen molar-refractivity contribution in [1.29, 1.82) is 0 Å². The van der Waals surface area contributed by atoms with E-state index in [2.05, 4.69) is 19.2 Å². The van der Waals surface area contributed by atoms with E-state index >= 15 is 0 Å². The number of sulfonamides is 1. The van der Waals surface area contributed by atoms with Gasteiger partial charge in [0, 0.05) is 11.1 Å². The van der Waals surface area contributed by atoms with Gasteiger partial charge < -0.3 is 10.1 Å². The Balaban J connectivity index is 1.73. The molecule has 0 aliphatic carbocycles. The van der Waals surface area contributed by atoms with E-state index in [4.69, 9.17) is 4.74 Å². The molecule has 32 heavy (non-hydrogen) atoms. The summed E-state index contributed by atoms with van der Waals surface area (Å²) in [7, 11) is -3.90. The minimum atomic E-state index is -3.90. The van der Waals surface area contributed by atoms with E-state index in [1.807, 2.05) is 37.3 Å². The molecule has 166 valence electrons. The molecule has 3 aromatic rings. The van der Waals surface area contributed by atoms with Gasteiger partial charge in [-0.05, 0) is 48.7 Å². The molecular formula is C25H26N2O4S. The van der Waals surface area contributed by atoms with Crippen molar-refractivity contribution in [2.75, 3.05) is 22.8 Å². The summed E-state index contributed by atoms with van der Waals surface area (Å²) in [6, 6.07) is 19.7. The SMILES string of the molecule is CCOc1ccccc1NC(=O)CN1c2ccc(C(C)C)cc2-c2ccccc2S1(=O)=O. The molecule has 1 aliphatic heterocycles. The number of carbonyl (C=O) groups excluding carboxylic acids is 1. The van der Waals surface area contributed by atoms with Crippen LogP contribution in [0.4, 0.5) is 11.4 Å². The molecular weight excluding hydrogens is 424 g/mol. The number of fused-ring (bicyclic) bond motifs is 3. The molecule has 7 heteroatoms. The largest absolute Gasteiger partial charge is 0.492 e. The van der Waals surface area contributed by atoms with Gasteiger partial charge in [-0.1, -0.05) is 50.2 Å². The van der Waals surface area contributed by atoms with Crippen LogP contribution in [0.1, 0.15) is 32.3 Å². The highest BCUT2D eigenvalue weighted by atomic mass is 32.2. The number of amides is 1. The number of nitrogens with zero attached hydrogens (tertiary/aromatic N) is 1. The third-order valence-corrected chi connectivity index (χ3v) is 7.27. The van der Waals surface area contributed by atoms with E-state index < -0.39 is 15.9 Å². The van der Waals surface area contributed by atoms with E-state index in [-0.39, 0.29) is 17.4 Å². The molecule has 1 aliphatic rings. The first kappa shape index (κ1) is 21.9. The average molecular weight is 451 g/mol. The van der Waals surface area contributed by atoms with Crippen LogP contribution in [0.5, 0.6) is 5.75 Å². The van der Waals surface area contributed by atoms with Gasteiger partial charge in [0.15, 0.2) is 0 Å². The van der Waals surface area contributed by atoms with Crippen molar-refractivity contribution in [1.82, 2.24) is 0 Å². The van der Waals surface area contributed by atoms with Gasteiger partial charge in [0.2, 0.25) is 5.91 Å². The number of carbonyl (C=O) groups is 1. The van der Waals surface area contributed by atoms with Crippen LogP contribution in [0.2, 0.25) is 0 Å². The molecule has 0 saturated heterocycles. The lowest BCUT2D eigenvalue weighted by Gasteiger charge is -2.32. The lowest BCUT2D eigenvalue weighted by molar-refractivity contribution is -0.114. The monoisotopic (exact) mass is 450 g/mol. The van der Waals surface area contributed by atoms with Gasteiger partial charge in [-0.15, -0.1) is 0 Å². The van der Waals surface area contributed by atoms with E-state index in [1.54, 1.807) is 36.4 Å². The Bertz CT molecular complexity index is 1270. The van der Waals surface area contributed by atoms with Crippen LogP contribution < -0.4 is 14.4 Å².